The summed E-state index contributed by atoms with van der Waals surface area (Å²) in [6.07, 6.45) is -2.39. The first-order valence-electron chi connectivity index (χ1n) is 6.96. The van der Waals surface area contributed by atoms with Gasteiger partial charge in [-0.25, -0.2) is 0 Å². The Morgan fingerprint density at radius 3 is 2.33 bits per heavy atom. The number of nitrogens with two attached hydrogens (primary N) is 1. The number of likely N-dealkylation sites (tertiary alicyclic amines) is 1. The van der Waals surface area contributed by atoms with Crippen molar-refractivity contribution < 1.29 is 18.0 Å². The molecule has 0 saturated carbocycles. The smallest absolute Gasteiger partial charge is 0.339 e. The van der Waals surface area contributed by atoms with Crippen molar-refractivity contribution in [3.05, 3.63) is 35.4 Å². The molecule has 0 spiro atoms. The summed E-state index contributed by atoms with van der Waals surface area (Å²) in [6, 6.07) is 4.70. The first-order valence-corrected chi connectivity index (χ1v) is 6.96. The van der Waals surface area contributed by atoms with Crippen LogP contribution < -0.4 is 5.73 Å². The van der Waals surface area contributed by atoms with Gasteiger partial charge in [-0.1, -0.05) is 25.5 Å². The minimum atomic E-state index is -4.35. The maximum absolute atomic E-state index is 12.4. The molecule has 0 radical (unpaired) electrons. The number of hydrogen-bond donors (Lipinski definition) is 1. The van der Waals surface area contributed by atoms with Crippen LogP contribution in [0.3, 0.4) is 0 Å². The summed E-state index contributed by atoms with van der Waals surface area (Å²) < 4.78 is 37.3. The Hall–Kier alpha value is -1.56. The van der Waals surface area contributed by atoms with Crippen molar-refractivity contribution in [3.8, 4) is 0 Å². The zero-order valence-electron chi connectivity index (χ0n) is 11.9. The highest BCUT2D eigenvalue weighted by Crippen LogP contribution is 2.29. The van der Waals surface area contributed by atoms with Crippen molar-refractivity contribution in [3.63, 3.8) is 0 Å². The minimum absolute atomic E-state index is 0.0908. The first-order chi connectivity index (χ1) is 9.73. The van der Waals surface area contributed by atoms with E-state index in [0.717, 1.165) is 25.0 Å². The molecule has 0 unspecified atom stereocenters. The summed E-state index contributed by atoms with van der Waals surface area (Å²) in [5.74, 6) is -0.0908. The van der Waals surface area contributed by atoms with Gasteiger partial charge >= 0.3 is 6.18 Å². The summed E-state index contributed by atoms with van der Waals surface area (Å²) >= 11 is 0. The molecule has 2 N–H and O–H groups in total. The Morgan fingerprint density at radius 1 is 1.29 bits per heavy atom. The molecule has 1 aliphatic heterocycles. The molecular weight excluding hydrogens is 281 g/mol. The molecule has 1 aliphatic rings. The summed E-state index contributed by atoms with van der Waals surface area (Å²) in [4.78, 5) is 13.7. The van der Waals surface area contributed by atoms with Gasteiger partial charge in [0.1, 0.15) is 0 Å². The fourth-order valence-corrected chi connectivity index (χ4v) is 2.64. The number of hydrogen-bond acceptors (Lipinski definition) is 2. The molecule has 0 aromatic heterocycles. The van der Waals surface area contributed by atoms with Gasteiger partial charge in [-0.3, -0.25) is 4.79 Å². The fraction of sp³-hybridized carbons (Fsp3) is 0.533. The van der Waals surface area contributed by atoms with Crippen LogP contribution in [-0.4, -0.2) is 29.4 Å². The second kappa shape index (κ2) is 5.67. The minimum Gasteiger partial charge on any atom is -0.339 e. The van der Waals surface area contributed by atoms with Crippen molar-refractivity contribution in [2.45, 2.75) is 37.9 Å². The van der Waals surface area contributed by atoms with Gasteiger partial charge in [0.05, 0.1) is 17.5 Å². The van der Waals surface area contributed by atoms with Crippen molar-refractivity contribution in [1.29, 1.82) is 0 Å². The molecule has 0 atom stereocenters. The van der Waals surface area contributed by atoms with E-state index in [1.807, 2.05) is 6.92 Å². The molecule has 3 nitrogen and oxygen atoms in total. The van der Waals surface area contributed by atoms with Crippen LogP contribution in [0.2, 0.25) is 0 Å². The van der Waals surface area contributed by atoms with Crippen molar-refractivity contribution >= 4 is 5.91 Å². The van der Waals surface area contributed by atoms with Gasteiger partial charge in [0.25, 0.3) is 0 Å². The lowest BCUT2D eigenvalue weighted by molar-refractivity contribution is -0.138. The average molecular weight is 300 g/mol. The van der Waals surface area contributed by atoms with Crippen LogP contribution in [0.15, 0.2) is 24.3 Å². The van der Waals surface area contributed by atoms with E-state index in [-0.39, 0.29) is 17.9 Å². The van der Waals surface area contributed by atoms with Crippen molar-refractivity contribution in [2.75, 3.05) is 13.1 Å². The van der Waals surface area contributed by atoms with E-state index in [2.05, 4.69) is 0 Å². The maximum Gasteiger partial charge on any atom is 0.416 e. The molecule has 1 fully saturated rings. The van der Waals surface area contributed by atoms with E-state index in [4.69, 9.17) is 5.73 Å². The zero-order valence-corrected chi connectivity index (χ0v) is 11.9. The summed E-state index contributed by atoms with van der Waals surface area (Å²) in [7, 11) is 0. The molecule has 1 saturated heterocycles. The van der Waals surface area contributed by atoms with Gasteiger partial charge < -0.3 is 10.6 Å². The van der Waals surface area contributed by atoms with Crippen LogP contribution in [-0.2, 0) is 17.4 Å². The van der Waals surface area contributed by atoms with Crippen LogP contribution >= 0.6 is 0 Å². The Morgan fingerprint density at radius 2 is 1.86 bits per heavy atom. The van der Waals surface area contributed by atoms with Crippen LogP contribution in [0.5, 0.6) is 0 Å². The SMILES string of the molecule is CCCC1(N)CN(C(=O)Cc2ccc(C(F)(F)F)cc2)C1. The topological polar surface area (TPSA) is 46.3 Å². The number of carbonyl (C=O) groups excluding carboxylic acids is 1. The molecule has 1 amide bonds. The number of carbonyl (C=O) groups is 1. The largest absolute Gasteiger partial charge is 0.416 e. The predicted octanol–water partition coefficient (Wildman–Crippen LogP) is 2.59. The number of alkyl halides is 3. The quantitative estimate of drug-likeness (QED) is 0.929. The molecule has 6 heteroatoms. The third-order valence-corrected chi connectivity index (χ3v) is 3.75. The number of halogens is 3. The standard InChI is InChI=1S/C15H19F3N2O/c1-2-7-14(19)9-20(10-14)13(21)8-11-3-5-12(6-4-11)15(16,17)18/h3-6H,2,7-10,19H2,1H3. The lowest BCUT2D eigenvalue weighted by Gasteiger charge is -2.48. The summed E-state index contributed by atoms with van der Waals surface area (Å²) in [5, 5.41) is 0. The molecule has 1 heterocycles. The van der Waals surface area contributed by atoms with E-state index in [1.165, 1.54) is 12.1 Å². The highest BCUT2D eigenvalue weighted by molar-refractivity contribution is 5.80. The average Bonchev–Trinajstić information content (AvgIpc) is 2.35. The van der Waals surface area contributed by atoms with E-state index < -0.39 is 11.7 Å². The Bertz CT molecular complexity index is 505. The number of rotatable bonds is 4. The van der Waals surface area contributed by atoms with Crippen LogP contribution in [0, 0.1) is 0 Å². The molecule has 2 rings (SSSR count). The van der Waals surface area contributed by atoms with E-state index in [0.29, 0.717) is 18.7 Å². The van der Waals surface area contributed by atoms with Gasteiger partial charge in [0.15, 0.2) is 0 Å². The fourth-order valence-electron chi connectivity index (χ4n) is 2.64. The van der Waals surface area contributed by atoms with Crippen LogP contribution in [0.4, 0.5) is 13.2 Å². The maximum atomic E-state index is 12.4. The van der Waals surface area contributed by atoms with E-state index in [9.17, 15) is 18.0 Å². The molecule has 1 aromatic rings. The predicted molar refractivity (Wildman–Crippen MR) is 73.6 cm³/mol. The van der Waals surface area contributed by atoms with Crippen molar-refractivity contribution in [2.24, 2.45) is 5.73 Å². The summed E-state index contributed by atoms with van der Waals surface area (Å²) in [6.45, 7) is 3.10. The van der Waals surface area contributed by atoms with Gasteiger partial charge in [-0.05, 0) is 24.1 Å². The molecule has 0 aliphatic carbocycles. The molecular formula is C15H19F3N2O. The highest BCUT2D eigenvalue weighted by Gasteiger charge is 2.40. The number of amides is 1. The van der Waals surface area contributed by atoms with Gasteiger partial charge in [0, 0.05) is 13.1 Å². The van der Waals surface area contributed by atoms with Gasteiger partial charge in [0.2, 0.25) is 5.91 Å². The molecule has 116 valence electrons. The third-order valence-electron chi connectivity index (χ3n) is 3.75. The van der Waals surface area contributed by atoms with E-state index in [1.54, 1.807) is 4.90 Å². The lowest BCUT2D eigenvalue weighted by Crippen LogP contribution is -2.68. The highest BCUT2D eigenvalue weighted by atomic mass is 19.4. The van der Waals surface area contributed by atoms with Crippen LogP contribution in [0.1, 0.15) is 30.9 Å². The third kappa shape index (κ3) is 3.75. The second-order valence-corrected chi connectivity index (χ2v) is 5.73. The Labute approximate surface area is 121 Å². The monoisotopic (exact) mass is 300 g/mol. The van der Waals surface area contributed by atoms with Gasteiger partial charge in [-0.2, -0.15) is 13.2 Å². The number of benzene rings is 1. The molecule has 21 heavy (non-hydrogen) atoms. The second-order valence-electron chi connectivity index (χ2n) is 5.73. The number of nitrogens with zero attached hydrogens (tertiary/aromatic N) is 1. The Kier molecular flexibility index (Phi) is 4.27. The molecule has 1 aromatic carbocycles. The first kappa shape index (κ1) is 15.8. The van der Waals surface area contributed by atoms with Crippen LogP contribution in [0.25, 0.3) is 0 Å². The van der Waals surface area contributed by atoms with Crippen molar-refractivity contribution in [1.82, 2.24) is 4.90 Å². The Balaban J connectivity index is 1.90. The lowest BCUT2D eigenvalue weighted by atomic mass is 9.86. The summed E-state index contributed by atoms with van der Waals surface area (Å²) in [5.41, 5.74) is 5.68. The zero-order chi connectivity index (χ0) is 15.7. The molecule has 0 bridgehead atoms. The normalized spacial score (nSPS) is 17.5. The van der Waals surface area contributed by atoms with E-state index >= 15 is 0 Å². The van der Waals surface area contributed by atoms with Gasteiger partial charge in [-0.15, -0.1) is 0 Å².